The molecule has 0 aliphatic rings. The molecule has 0 bridgehead atoms. The number of aliphatic hydroxyl groups excluding tert-OH is 1. The van der Waals surface area contributed by atoms with E-state index in [1.165, 1.54) is 25.6 Å². The number of anilines is 2. The zero-order chi connectivity index (χ0) is 23.1. The Morgan fingerprint density at radius 2 is 1.88 bits per heavy atom. The molecule has 0 saturated carbocycles. The van der Waals surface area contributed by atoms with Crippen molar-refractivity contribution in [3.8, 4) is 11.5 Å². The first-order valence-corrected chi connectivity index (χ1v) is 10.4. The summed E-state index contributed by atoms with van der Waals surface area (Å²) in [6.07, 6.45) is 5.35. The Labute approximate surface area is 185 Å². The summed E-state index contributed by atoms with van der Waals surface area (Å²) in [7, 11) is 3.16. The van der Waals surface area contributed by atoms with Gasteiger partial charge in [0.15, 0.2) is 23.1 Å². The van der Waals surface area contributed by atoms with Crippen LogP contribution >= 0.6 is 0 Å². The predicted octanol–water partition coefficient (Wildman–Crippen LogP) is 3.70. The van der Waals surface area contributed by atoms with Crippen LogP contribution in [0, 0.1) is 11.6 Å². The van der Waals surface area contributed by atoms with Gasteiger partial charge in [0.1, 0.15) is 12.4 Å². The average Bonchev–Trinajstić information content (AvgIpc) is 3.14. The van der Waals surface area contributed by atoms with E-state index in [-0.39, 0.29) is 30.3 Å². The van der Waals surface area contributed by atoms with Crippen molar-refractivity contribution < 1.29 is 23.4 Å². The number of rotatable bonds is 11. The number of benzene rings is 1. The number of hydrogen-bond donors (Lipinski definition) is 2. The van der Waals surface area contributed by atoms with E-state index in [4.69, 9.17) is 14.6 Å². The van der Waals surface area contributed by atoms with Crippen LogP contribution in [0.2, 0.25) is 0 Å². The molecule has 2 heterocycles. The zero-order valence-corrected chi connectivity index (χ0v) is 18.4. The molecule has 0 aliphatic heterocycles. The lowest BCUT2D eigenvalue weighted by Gasteiger charge is -2.14. The van der Waals surface area contributed by atoms with Gasteiger partial charge >= 0.3 is 0 Å². The molecule has 0 radical (unpaired) electrons. The summed E-state index contributed by atoms with van der Waals surface area (Å²) in [5, 5.41) is 16.3. The second-order valence-electron chi connectivity index (χ2n) is 7.22. The van der Waals surface area contributed by atoms with Crippen LogP contribution in [-0.2, 0) is 26.5 Å². The van der Waals surface area contributed by atoms with Crippen LogP contribution in [0.5, 0.6) is 11.5 Å². The van der Waals surface area contributed by atoms with E-state index in [1.54, 1.807) is 4.68 Å². The molecule has 0 atom stereocenters. The van der Waals surface area contributed by atoms with Crippen molar-refractivity contribution in [2.75, 3.05) is 19.0 Å². The van der Waals surface area contributed by atoms with Crippen molar-refractivity contribution in [2.45, 2.75) is 39.2 Å². The van der Waals surface area contributed by atoms with Crippen LogP contribution in [0.3, 0.4) is 0 Å². The van der Waals surface area contributed by atoms with E-state index in [2.05, 4.69) is 20.4 Å². The number of nitrogens with one attached hydrogen (secondary N) is 1. The van der Waals surface area contributed by atoms with Gasteiger partial charge in [-0.05, 0) is 30.9 Å². The Bertz CT molecular complexity index is 1040. The smallest absolute Gasteiger partial charge is 0.228 e. The van der Waals surface area contributed by atoms with Crippen LogP contribution in [-0.4, -0.2) is 38.6 Å². The van der Waals surface area contributed by atoms with Crippen molar-refractivity contribution >= 4 is 11.8 Å². The van der Waals surface area contributed by atoms with Gasteiger partial charge in [-0.1, -0.05) is 13.3 Å². The summed E-state index contributed by atoms with van der Waals surface area (Å²) in [4.78, 5) is 8.33. The molecule has 1 aromatic carbocycles. The first-order chi connectivity index (χ1) is 15.5. The molecule has 0 saturated heterocycles. The molecule has 2 N–H and O–H groups in total. The van der Waals surface area contributed by atoms with Crippen molar-refractivity contribution in [1.82, 2.24) is 19.7 Å². The largest absolute Gasteiger partial charge is 0.494 e. The van der Waals surface area contributed by atoms with Gasteiger partial charge in [0.25, 0.3) is 0 Å². The highest BCUT2D eigenvalue weighted by molar-refractivity contribution is 5.48. The molecule has 0 aliphatic carbocycles. The number of hydrogen-bond acceptors (Lipinski definition) is 7. The highest BCUT2D eigenvalue weighted by Crippen LogP contribution is 2.28. The van der Waals surface area contributed by atoms with Crippen molar-refractivity contribution in [1.29, 1.82) is 0 Å². The third kappa shape index (κ3) is 5.50. The van der Waals surface area contributed by atoms with Gasteiger partial charge in [0.05, 0.1) is 25.1 Å². The maximum Gasteiger partial charge on any atom is 0.228 e. The van der Waals surface area contributed by atoms with Gasteiger partial charge in [-0.2, -0.15) is 5.10 Å². The monoisotopic (exact) mass is 447 g/mol. The lowest BCUT2D eigenvalue weighted by molar-refractivity contribution is 0.285. The standard InChI is InChI=1S/C22H27F2N5O3/c1-4-6-14-9-18(31-3)21(24)17(20(14)23)13-32-16-11-25-22(26-12-16)27-19-10-15(7-5-8-30)29(2)28-19/h9-12,30H,4-8,13H2,1-3H3,(H,25,26,27,28). The van der Waals surface area contributed by atoms with Crippen molar-refractivity contribution in [2.24, 2.45) is 7.05 Å². The Morgan fingerprint density at radius 3 is 2.53 bits per heavy atom. The SMILES string of the molecule is CCCc1cc(OC)c(F)c(COc2cnc(Nc3cc(CCCO)n(C)n3)nc2)c1F. The summed E-state index contributed by atoms with van der Waals surface area (Å²) >= 11 is 0. The van der Waals surface area contributed by atoms with E-state index in [0.29, 0.717) is 43.0 Å². The van der Waals surface area contributed by atoms with Gasteiger partial charge in [-0.25, -0.2) is 18.7 Å². The molecule has 3 rings (SSSR count). The normalized spacial score (nSPS) is 10.9. The molecular weight excluding hydrogens is 420 g/mol. The Kier molecular flexibility index (Phi) is 7.93. The van der Waals surface area contributed by atoms with Crippen molar-refractivity contribution in [3.63, 3.8) is 0 Å². The minimum Gasteiger partial charge on any atom is -0.494 e. The molecule has 0 unspecified atom stereocenters. The summed E-state index contributed by atoms with van der Waals surface area (Å²) in [6, 6.07) is 3.24. The van der Waals surface area contributed by atoms with E-state index < -0.39 is 11.6 Å². The van der Waals surface area contributed by atoms with Crippen LogP contribution < -0.4 is 14.8 Å². The molecule has 0 fully saturated rings. The number of aromatic nitrogens is 4. The van der Waals surface area contributed by atoms with Gasteiger partial charge < -0.3 is 19.9 Å². The maximum absolute atomic E-state index is 14.7. The highest BCUT2D eigenvalue weighted by atomic mass is 19.1. The average molecular weight is 447 g/mol. The zero-order valence-electron chi connectivity index (χ0n) is 18.4. The fourth-order valence-electron chi connectivity index (χ4n) is 3.24. The minimum atomic E-state index is -0.781. The second kappa shape index (κ2) is 10.9. The Balaban J connectivity index is 1.67. The quantitative estimate of drug-likeness (QED) is 0.463. The predicted molar refractivity (Wildman–Crippen MR) is 115 cm³/mol. The van der Waals surface area contributed by atoms with E-state index in [9.17, 15) is 8.78 Å². The molecule has 172 valence electrons. The summed E-state index contributed by atoms with van der Waals surface area (Å²) in [6.45, 7) is 1.71. The molecule has 2 aromatic heterocycles. The van der Waals surface area contributed by atoms with Gasteiger partial charge in [-0.15, -0.1) is 0 Å². The van der Waals surface area contributed by atoms with Crippen LogP contribution in [0.4, 0.5) is 20.5 Å². The van der Waals surface area contributed by atoms with Crippen LogP contribution in [0.15, 0.2) is 24.5 Å². The minimum absolute atomic E-state index is 0.0158. The summed E-state index contributed by atoms with van der Waals surface area (Å²) < 4.78 is 41.6. The molecule has 32 heavy (non-hydrogen) atoms. The van der Waals surface area contributed by atoms with E-state index in [1.807, 2.05) is 20.0 Å². The number of ether oxygens (including phenoxy) is 2. The van der Waals surface area contributed by atoms with Crippen molar-refractivity contribution in [3.05, 3.63) is 53.0 Å². The second-order valence-corrected chi connectivity index (χ2v) is 7.22. The summed E-state index contributed by atoms with van der Waals surface area (Å²) in [5.74, 6) is -0.296. The highest BCUT2D eigenvalue weighted by Gasteiger charge is 2.19. The number of aliphatic hydroxyl groups is 1. The van der Waals surface area contributed by atoms with Gasteiger partial charge in [0, 0.05) is 25.4 Å². The number of nitrogens with zero attached hydrogens (tertiary/aromatic N) is 4. The Hall–Kier alpha value is -3.27. The fourth-order valence-corrected chi connectivity index (χ4v) is 3.24. The fraction of sp³-hybridized carbons (Fsp3) is 0.409. The molecule has 0 amide bonds. The molecule has 10 heteroatoms. The first kappa shape index (κ1) is 23.4. The van der Waals surface area contributed by atoms with Gasteiger partial charge in [-0.3, -0.25) is 4.68 Å². The third-order valence-electron chi connectivity index (χ3n) is 4.89. The van der Waals surface area contributed by atoms with Crippen LogP contribution in [0.25, 0.3) is 0 Å². The first-order valence-electron chi connectivity index (χ1n) is 10.4. The lowest BCUT2D eigenvalue weighted by atomic mass is 10.0. The third-order valence-corrected chi connectivity index (χ3v) is 4.89. The molecule has 8 nitrogen and oxygen atoms in total. The van der Waals surface area contributed by atoms with Crippen LogP contribution in [0.1, 0.15) is 36.6 Å². The maximum atomic E-state index is 14.7. The number of methoxy groups -OCH3 is 1. The molecule has 0 spiro atoms. The topological polar surface area (TPSA) is 94.3 Å². The van der Waals surface area contributed by atoms with E-state index in [0.717, 1.165) is 5.69 Å². The van der Waals surface area contributed by atoms with Gasteiger partial charge in [0.2, 0.25) is 5.95 Å². The lowest BCUT2D eigenvalue weighted by Crippen LogP contribution is -2.08. The summed E-state index contributed by atoms with van der Waals surface area (Å²) in [5.41, 5.74) is 1.15. The number of halogens is 2. The molecular formula is C22H27F2N5O3. The molecule has 3 aromatic rings. The Morgan fingerprint density at radius 1 is 1.12 bits per heavy atom. The number of aryl methyl sites for hydroxylation is 3. The van der Waals surface area contributed by atoms with E-state index >= 15 is 0 Å².